The fraction of sp³-hybridized carbons (Fsp3) is 0.587. The Morgan fingerprint density at radius 1 is 0.914 bits per heavy atom. The number of H-pyrrole nitrogens is 1. The smallest absolute Gasteiger partial charge is 0.262 e. The van der Waals surface area contributed by atoms with Crippen molar-refractivity contribution in [1.29, 1.82) is 0 Å². The number of aliphatic imine (C=N–C) groups is 2. The van der Waals surface area contributed by atoms with Crippen LogP contribution in [0.2, 0.25) is 0 Å². The molecule has 320 valence electrons. The maximum absolute atomic E-state index is 14.6. The van der Waals surface area contributed by atoms with E-state index < -0.39 is 29.8 Å². The SMILES string of the molecule is C=C(C)NCCC[C@H](N)C(=O)N=CC(Cc1c(C(C)(C)C)[nH]c2c(C(C)(C)C)cc(C(C)(C)C)cc12)C(=O)N[C@@H](CCCN=C(N)N)C(=O)NCCC1=CCCC=C1. The molecule has 0 radical (unpaired) electrons. The molecule has 0 saturated carbocycles. The molecule has 1 aromatic heterocycles. The predicted molar refractivity (Wildman–Crippen MR) is 241 cm³/mol. The number of rotatable bonds is 19. The molecular weight excluding hydrogens is 727 g/mol. The van der Waals surface area contributed by atoms with E-state index in [1.165, 1.54) is 22.9 Å². The Morgan fingerprint density at radius 2 is 1.62 bits per heavy atom. The van der Waals surface area contributed by atoms with E-state index in [4.69, 9.17) is 17.2 Å². The van der Waals surface area contributed by atoms with E-state index >= 15 is 0 Å². The Morgan fingerprint density at radius 3 is 2.21 bits per heavy atom. The van der Waals surface area contributed by atoms with E-state index in [1.54, 1.807) is 0 Å². The Balaban J connectivity index is 2.09. The standard InChI is InChI=1S/C46H73N9O3/c1-29(2)50-22-15-19-36(47)41(57)53-28-31(40(56)54-37(20-16-23-52-43(48)49)42(58)51-24-21-30-17-13-12-14-18-30)25-34-33-26-32(44(3,4)5)27-35(45(6,7)8)38(33)55-39(34)46(9,10)11/h13,17-18,26-28,31,36-37,50,55H,1,12,14-16,19-25,47H2,2-11H3,(H,51,58)(H,54,56)(H4,48,49,52)/t31?,36-,37-/m0/s1. The number of nitrogens with zero attached hydrogens (tertiary/aromatic N) is 2. The molecule has 2 aromatic rings. The normalized spacial score (nSPS) is 15.1. The second kappa shape index (κ2) is 20.8. The van der Waals surface area contributed by atoms with Crippen molar-refractivity contribution in [2.75, 3.05) is 19.6 Å². The number of hydrogen-bond acceptors (Lipinski definition) is 6. The highest BCUT2D eigenvalue weighted by Gasteiger charge is 2.32. The van der Waals surface area contributed by atoms with E-state index in [0.717, 1.165) is 40.7 Å². The molecule has 0 bridgehead atoms. The van der Waals surface area contributed by atoms with Crippen molar-refractivity contribution >= 4 is 40.8 Å². The summed E-state index contributed by atoms with van der Waals surface area (Å²) in [7, 11) is 0. The van der Waals surface area contributed by atoms with E-state index in [9.17, 15) is 14.4 Å². The number of fused-ring (bicyclic) bond motifs is 1. The van der Waals surface area contributed by atoms with Gasteiger partial charge in [0.25, 0.3) is 5.91 Å². The highest BCUT2D eigenvalue weighted by molar-refractivity contribution is 6.01. The molecule has 58 heavy (non-hydrogen) atoms. The van der Waals surface area contributed by atoms with Crippen LogP contribution >= 0.6 is 0 Å². The molecule has 0 spiro atoms. The second-order valence-electron chi connectivity index (χ2n) is 18.9. The highest BCUT2D eigenvalue weighted by Crippen LogP contribution is 2.40. The molecule has 1 aliphatic rings. The van der Waals surface area contributed by atoms with E-state index in [0.29, 0.717) is 51.7 Å². The first-order chi connectivity index (χ1) is 27.0. The number of benzene rings is 1. The molecule has 0 aliphatic heterocycles. The van der Waals surface area contributed by atoms with Crippen molar-refractivity contribution in [2.24, 2.45) is 33.1 Å². The second-order valence-corrected chi connectivity index (χ2v) is 18.9. The van der Waals surface area contributed by atoms with E-state index in [-0.39, 0.29) is 34.5 Å². The van der Waals surface area contributed by atoms with Gasteiger partial charge in [0.05, 0.1) is 12.0 Å². The molecule has 3 atom stereocenters. The first-order valence-electron chi connectivity index (χ1n) is 20.9. The van der Waals surface area contributed by atoms with Crippen LogP contribution in [0.3, 0.4) is 0 Å². The summed E-state index contributed by atoms with van der Waals surface area (Å²) < 4.78 is 0. The topological polar surface area (TPSA) is 206 Å². The Kier molecular flexibility index (Phi) is 17.1. The fourth-order valence-corrected chi connectivity index (χ4v) is 7.02. The summed E-state index contributed by atoms with van der Waals surface area (Å²) in [6, 6.07) is 2.81. The maximum Gasteiger partial charge on any atom is 0.262 e. The van der Waals surface area contributed by atoms with Crippen LogP contribution in [0.5, 0.6) is 0 Å². The van der Waals surface area contributed by atoms with Crippen LogP contribution in [-0.2, 0) is 37.0 Å². The number of carbonyl (C=O) groups excluding carboxylic acids is 3. The van der Waals surface area contributed by atoms with Gasteiger partial charge in [-0.3, -0.25) is 19.4 Å². The zero-order valence-electron chi connectivity index (χ0n) is 37.0. The number of aromatic amines is 1. The molecule has 0 saturated heterocycles. The van der Waals surface area contributed by atoms with Crippen LogP contribution in [0.15, 0.2) is 58.2 Å². The van der Waals surface area contributed by atoms with Crippen molar-refractivity contribution in [2.45, 2.75) is 149 Å². The van der Waals surface area contributed by atoms with Crippen LogP contribution in [0.4, 0.5) is 0 Å². The minimum absolute atomic E-state index is 0.0392. The summed E-state index contributed by atoms with van der Waals surface area (Å²) >= 11 is 0. The molecule has 1 unspecified atom stereocenters. The number of allylic oxidation sites excluding steroid dienone is 4. The summed E-state index contributed by atoms with van der Waals surface area (Å²) in [6.07, 6.45) is 12.6. The van der Waals surface area contributed by atoms with Crippen molar-refractivity contribution in [1.82, 2.24) is 20.9 Å². The van der Waals surface area contributed by atoms with Crippen LogP contribution in [0, 0.1) is 5.92 Å². The number of amides is 3. The van der Waals surface area contributed by atoms with Crippen LogP contribution in [0.1, 0.15) is 137 Å². The van der Waals surface area contributed by atoms with E-state index in [2.05, 4.69) is 130 Å². The average molecular weight is 800 g/mol. The van der Waals surface area contributed by atoms with Crippen LogP contribution < -0.4 is 33.2 Å². The van der Waals surface area contributed by atoms with Crippen molar-refractivity contribution < 1.29 is 14.4 Å². The molecule has 0 fully saturated rings. The third-order valence-corrected chi connectivity index (χ3v) is 10.4. The van der Waals surface area contributed by atoms with Gasteiger partial charge in [-0.15, -0.1) is 0 Å². The van der Waals surface area contributed by atoms with Gasteiger partial charge in [-0.25, -0.2) is 4.99 Å². The van der Waals surface area contributed by atoms with Gasteiger partial charge < -0.3 is 38.1 Å². The molecule has 1 aromatic carbocycles. The minimum Gasteiger partial charge on any atom is -0.389 e. The number of hydrogen-bond donors (Lipinski definition) is 7. The lowest BCUT2D eigenvalue weighted by Crippen LogP contribution is -2.49. The van der Waals surface area contributed by atoms with Crippen molar-refractivity contribution in [3.05, 3.63) is 70.6 Å². The summed E-state index contributed by atoms with van der Waals surface area (Å²) in [4.78, 5) is 53.9. The van der Waals surface area contributed by atoms with Gasteiger partial charge in [-0.2, -0.15) is 0 Å². The molecule has 12 nitrogen and oxygen atoms in total. The zero-order valence-corrected chi connectivity index (χ0v) is 37.0. The van der Waals surface area contributed by atoms with E-state index in [1.807, 2.05) is 6.92 Å². The summed E-state index contributed by atoms with van der Waals surface area (Å²) in [5, 5.41) is 10.2. The molecule has 12 heteroatoms. The van der Waals surface area contributed by atoms with Gasteiger partial charge in [0.1, 0.15) is 6.04 Å². The molecule has 3 amide bonds. The zero-order chi connectivity index (χ0) is 43.4. The Bertz CT molecular complexity index is 1880. The van der Waals surface area contributed by atoms with Gasteiger partial charge in [0, 0.05) is 53.6 Å². The predicted octanol–water partition coefficient (Wildman–Crippen LogP) is 6.37. The molecular formula is C46H73N9O3. The number of guanidine groups is 1. The fourth-order valence-electron chi connectivity index (χ4n) is 7.02. The lowest BCUT2D eigenvalue weighted by molar-refractivity contribution is -0.130. The van der Waals surface area contributed by atoms with Gasteiger partial charge in [0.15, 0.2) is 5.96 Å². The minimum atomic E-state index is -0.914. The van der Waals surface area contributed by atoms with Crippen LogP contribution in [-0.4, -0.2) is 66.6 Å². The van der Waals surface area contributed by atoms with Gasteiger partial charge in [-0.1, -0.05) is 98.8 Å². The monoisotopic (exact) mass is 800 g/mol. The lowest BCUT2D eigenvalue weighted by Gasteiger charge is -2.26. The number of aromatic nitrogens is 1. The van der Waals surface area contributed by atoms with Gasteiger partial charge in [-0.05, 0) is 91.9 Å². The molecule has 1 aliphatic carbocycles. The Labute approximate surface area is 347 Å². The third-order valence-electron chi connectivity index (χ3n) is 10.4. The summed E-state index contributed by atoms with van der Waals surface area (Å²) in [5.74, 6) is -2.19. The first kappa shape index (κ1) is 47.7. The van der Waals surface area contributed by atoms with Gasteiger partial charge in [0.2, 0.25) is 11.8 Å². The largest absolute Gasteiger partial charge is 0.389 e. The third kappa shape index (κ3) is 14.6. The number of carbonyl (C=O) groups is 3. The Hall–Kier alpha value is -4.71. The number of nitrogens with two attached hydrogens (primary N) is 3. The first-order valence-corrected chi connectivity index (χ1v) is 20.9. The average Bonchev–Trinajstić information content (AvgIpc) is 3.50. The molecule has 3 rings (SSSR count). The molecule has 1 heterocycles. The molecule has 10 N–H and O–H groups in total. The highest BCUT2D eigenvalue weighted by atomic mass is 16.2. The summed E-state index contributed by atoms with van der Waals surface area (Å²) in [6.45, 7) is 26.7. The maximum atomic E-state index is 14.6. The number of nitrogens with one attached hydrogen (secondary N) is 4. The lowest BCUT2D eigenvalue weighted by atomic mass is 9.78. The quantitative estimate of drug-likeness (QED) is 0.0485. The van der Waals surface area contributed by atoms with Crippen LogP contribution in [0.25, 0.3) is 10.9 Å². The van der Waals surface area contributed by atoms with Crippen molar-refractivity contribution in [3.8, 4) is 0 Å². The van der Waals surface area contributed by atoms with Gasteiger partial charge >= 0.3 is 0 Å². The summed E-state index contributed by atoms with van der Waals surface area (Å²) in [5.41, 5.74) is 24.2. The van der Waals surface area contributed by atoms with Crippen molar-refractivity contribution in [3.63, 3.8) is 0 Å².